The highest BCUT2D eigenvalue weighted by atomic mass is 32.1. The molecule has 1 amide bonds. The predicted octanol–water partition coefficient (Wildman–Crippen LogP) is 4.58. The van der Waals surface area contributed by atoms with E-state index >= 15 is 0 Å². The van der Waals surface area contributed by atoms with Crippen LogP contribution in [0.3, 0.4) is 0 Å². The molecule has 0 saturated heterocycles. The molecule has 0 spiro atoms. The van der Waals surface area contributed by atoms with E-state index in [1.807, 2.05) is 30.3 Å². The smallest absolute Gasteiger partial charge is 0.230 e. The zero-order chi connectivity index (χ0) is 22.1. The van der Waals surface area contributed by atoms with Crippen molar-refractivity contribution in [2.24, 2.45) is 0 Å². The summed E-state index contributed by atoms with van der Waals surface area (Å²) in [6.07, 6.45) is -0.331. The fourth-order valence-electron chi connectivity index (χ4n) is 3.41. The van der Waals surface area contributed by atoms with Crippen LogP contribution in [0.15, 0.2) is 30.3 Å². The van der Waals surface area contributed by atoms with Gasteiger partial charge in [0, 0.05) is 36.5 Å². The van der Waals surface area contributed by atoms with Crippen LogP contribution in [0.1, 0.15) is 21.7 Å². The summed E-state index contributed by atoms with van der Waals surface area (Å²) in [5, 5.41) is 2.62. The van der Waals surface area contributed by atoms with Crippen molar-refractivity contribution in [1.82, 2.24) is 9.88 Å². The minimum atomic E-state index is -2.26. The normalized spacial score (nSPS) is 13.8. The van der Waals surface area contributed by atoms with Crippen molar-refractivity contribution in [3.8, 4) is 0 Å². The monoisotopic (exact) mass is 453 g/mol. The largest absolute Gasteiger partial charge is 0.302 e. The number of thiazole rings is 1. The summed E-state index contributed by atoms with van der Waals surface area (Å²) in [4.78, 5) is 19.7. The van der Waals surface area contributed by atoms with Crippen molar-refractivity contribution in [3.05, 3.63) is 81.1 Å². The van der Waals surface area contributed by atoms with Crippen LogP contribution in [0, 0.1) is 29.1 Å². The molecular formula is C21H16F5N3OS. The molecule has 162 valence electrons. The third-order valence-electron chi connectivity index (χ3n) is 4.94. The van der Waals surface area contributed by atoms with E-state index in [0.717, 1.165) is 23.7 Å². The van der Waals surface area contributed by atoms with Gasteiger partial charge in [-0.3, -0.25) is 9.69 Å². The van der Waals surface area contributed by atoms with Crippen molar-refractivity contribution in [2.45, 2.75) is 25.9 Å². The molecule has 2 aromatic carbocycles. The Balaban J connectivity index is 1.43. The number of aromatic nitrogens is 1. The van der Waals surface area contributed by atoms with Gasteiger partial charge in [-0.15, -0.1) is 11.3 Å². The maximum atomic E-state index is 13.8. The highest BCUT2D eigenvalue weighted by Crippen LogP contribution is 2.29. The van der Waals surface area contributed by atoms with Gasteiger partial charge in [-0.25, -0.2) is 26.9 Å². The van der Waals surface area contributed by atoms with E-state index in [0.29, 0.717) is 13.0 Å². The number of anilines is 1. The van der Waals surface area contributed by atoms with Gasteiger partial charge in [0.1, 0.15) is 0 Å². The Morgan fingerprint density at radius 1 is 1.00 bits per heavy atom. The molecule has 0 radical (unpaired) electrons. The number of fused-ring (bicyclic) bond motifs is 1. The SMILES string of the molecule is O=C(Cc1c(F)c(F)c(F)c(F)c1F)Nc1nc2c(s1)CN(Cc1ccccc1)CC2. The molecule has 0 unspecified atom stereocenters. The number of rotatable bonds is 5. The van der Waals surface area contributed by atoms with E-state index in [1.54, 1.807) is 0 Å². The Labute approximate surface area is 178 Å². The van der Waals surface area contributed by atoms with E-state index in [-0.39, 0.29) is 5.13 Å². The number of carbonyl (C=O) groups is 1. The predicted molar refractivity (Wildman–Crippen MR) is 105 cm³/mol. The van der Waals surface area contributed by atoms with Crippen LogP contribution < -0.4 is 5.32 Å². The van der Waals surface area contributed by atoms with E-state index < -0.39 is 47.0 Å². The molecule has 0 saturated carbocycles. The molecule has 1 aromatic heterocycles. The van der Waals surface area contributed by atoms with Crippen LogP contribution in [-0.2, 0) is 30.7 Å². The standard InChI is InChI=1S/C21H16F5N3OS/c22-16-12(17(23)19(25)20(26)18(16)24)8-15(30)28-21-27-13-6-7-29(10-14(13)31-21)9-11-4-2-1-3-5-11/h1-5H,6-10H2,(H,27,28,30). The van der Waals surface area contributed by atoms with Crippen molar-refractivity contribution < 1.29 is 26.7 Å². The van der Waals surface area contributed by atoms with Crippen LogP contribution in [0.2, 0.25) is 0 Å². The summed E-state index contributed by atoms with van der Waals surface area (Å²) >= 11 is 1.23. The summed E-state index contributed by atoms with van der Waals surface area (Å²) in [5.41, 5.74) is 0.817. The fourth-order valence-corrected chi connectivity index (χ4v) is 4.47. The summed E-state index contributed by atoms with van der Waals surface area (Å²) in [5.74, 6) is -11.4. The summed E-state index contributed by atoms with van der Waals surface area (Å²) in [7, 11) is 0. The van der Waals surface area contributed by atoms with Gasteiger partial charge in [0.2, 0.25) is 11.7 Å². The summed E-state index contributed by atoms with van der Waals surface area (Å²) < 4.78 is 67.4. The summed E-state index contributed by atoms with van der Waals surface area (Å²) in [6, 6.07) is 9.95. The Hall–Kier alpha value is -2.85. The second-order valence-electron chi connectivity index (χ2n) is 7.11. The highest BCUT2D eigenvalue weighted by molar-refractivity contribution is 7.15. The van der Waals surface area contributed by atoms with E-state index in [4.69, 9.17) is 0 Å². The number of amides is 1. The molecular weight excluding hydrogens is 437 g/mol. The maximum absolute atomic E-state index is 13.8. The molecule has 3 aromatic rings. The minimum Gasteiger partial charge on any atom is -0.302 e. The third kappa shape index (κ3) is 4.45. The number of hydrogen-bond donors (Lipinski definition) is 1. The van der Waals surface area contributed by atoms with Gasteiger partial charge in [0.05, 0.1) is 12.1 Å². The molecule has 4 nitrogen and oxygen atoms in total. The molecule has 10 heteroatoms. The molecule has 0 bridgehead atoms. The van der Waals surface area contributed by atoms with Crippen LogP contribution in [-0.4, -0.2) is 22.3 Å². The molecule has 0 fully saturated rings. The molecule has 1 aliphatic rings. The van der Waals surface area contributed by atoms with Gasteiger partial charge in [-0.05, 0) is 5.56 Å². The number of nitrogens with zero attached hydrogens (tertiary/aromatic N) is 2. The average molecular weight is 453 g/mol. The molecule has 31 heavy (non-hydrogen) atoms. The zero-order valence-electron chi connectivity index (χ0n) is 16.0. The highest BCUT2D eigenvalue weighted by Gasteiger charge is 2.27. The van der Waals surface area contributed by atoms with Crippen LogP contribution in [0.4, 0.5) is 27.1 Å². The van der Waals surface area contributed by atoms with Crippen LogP contribution in [0.25, 0.3) is 0 Å². The first-order valence-electron chi connectivity index (χ1n) is 9.38. The van der Waals surface area contributed by atoms with Gasteiger partial charge >= 0.3 is 0 Å². The van der Waals surface area contributed by atoms with Gasteiger partial charge in [-0.2, -0.15) is 0 Å². The number of halogens is 5. The molecule has 0 aliphatic carbocycles. The van der Waals surface area contributed by atoms with Gasteiger partial charge < -0.3 is 5.32 Å². The first-order valence-corrected chi connectivity index (χ1v) is 10.2. The van der Waals surface area contributed by atoms with E-state index in [1.165, 1.54) is 16.9 Å². The van der Waals surface area contributed by atoms with E-state index in [9.17, 15) is 26.7 Å². The van der Waals surface area contributed by atoms with Crippen molar-refractivity contribution >= 4 is 22.4 Å². The Bertz CT molecular complexity index is 1110. The van der Waals surface area contributed by atoms with Crippen molar-refractivity contribution in [1.29, 1.82) is 0 Å². The lowest BCUT2D eigenvalue weighted by Crippen LogP contribution is -2.29. The number of nitrogens with one attached hydrogen (secondary N) is 1. The Kier molecular flexibility index (Phi) is 6.01. The molecule has 0 atom stereocenters. The van der Waals surface area contributed by atoms with Gasteiger partial charge in [0.25, 0.3) is 0 Å². The quantitative estimate of drug-likeness (QED) is 0.350. The van der Waals surface area contributed by atoms with Gasteiger partial charge in [-0.1, -0.05) is 30.3 Å². The lowest BCUT2D eigenvalue weighted by Gasteiger charge is -2.25. The number of benzene rings is 2. The average Bonchev–Trinajstić information content (AvgIpc) is 3.16. The second kappa shape index (κ2) is 8.72. The van der Waals surface area contributed by atoms with Gasteiger partial charge in [0.15, 0.2) is 28.4 Å². The first-order chi connectivity index (χ1) is 14.8. The molecule has 4 rings (SSSR count). The van der Waals surface area contributed by atoms with Crippen molar-refractivity contribution in [3.63, 3.8) is 0 Å². The van der Waals surface area contributed by atoms with Crippen molar-refractivity contribution in [2.75, 3.05) is 11.9 Å². The molecule has 1 N–H and O–H groups in total. The Morgan fingerprint density at radius 3 is 2.32 bits per heavy atom. The zero-order valence-corrected chi connectivity index (χ0v) is 16.8. The minimum absolute atomic E-state index is 0.223. The van der Waals surface area contributed by atoms with Crippen LogP contribution in [0.5, 0.6) is 0 Å². The fraction of sp³-hybridized carbons (Fsp3) is 0.238. The third-order valence-corrected chi connectivity index (χ3v) is 5.94. The lowest BCUT2D eigenvalue weighted by molar-refractivity contribution is -0.115. The molecule has 2 heterocycles. The topological polar surface area (TPSA) is 45.2 Å². The first kappa shape index (κ1) is 21.4. The van der Waals surface area contributed by atoms with Crippen LogP contribution >= 0.6 is 11.3 Å². The Morgan fingerprint density at radius 2 is 1.65 bits per heavy atom. The van der Waals surface area contributed by atoms with E-state index in [2.05, 4.69) is 15.2 Å². The second-order valence-corrected chi connectivity index (χ2v) is 8.19. The molecule has 1 aliphatic heterocycles. The number of carbonyl (C=O) groups excluding carboxylic acids is 1. The summed E-state index contributed by atoms with van der Waals surface area (Å²) in [6.45, 7) is 2.18. The number of hydrogen-bond acceptors (Lipinski definition) is 4. The lowest BCUT2D eigenvalue weighted by atomic mass is 10.1. The maximum Gasteiger partial charge on any atom is 0.230 e.